The number of carbonyl (C=O) groups is 2. The lowest BCUT2D eigenvalue weighted by Crippen LogP contribution is -2.46. The summed E-state index contributed by atoms with van der Waals surface area (Å²) in [5.74, 6) is -0.974. The second-order valence-electron chi connectivity index (χ2n) is 7.24. The van der Waals surface area contributed by atoms with Crippen LogP contribution in [0.4, 0.5) is 0 Å². The van der Waals surface area contributed by atoms with Crippen molar-refractivity contribution in [3.63, 3.8) is 0 Å². The van der Waals surface area contributed by atoms with Crippen LogP contribution in [0, 0.1) is 6.92 Å². The summed E-state index contributed by atoms with van der Waals surface area (Å²) in [5.41, 5.74) is 1.27. The van der Waals surface area contributed by atoms with Crippen molar-refractivity contribution in [2.75, 3.05) is 0 Å². The minimum Gasteiger partial charge on any atom is -0.449 e. The fraction of sp³-hybridized carbons (Fsp3) is 0.474. The van der Waals surface area contributed by atoms with E-state index in [4.69, 9.17) is 4.74 Å². The van der Waals surface area contributed by atoms with E-state index >= 15 is 0 Å². The SMILES string of the molecule is CCn1c(=O)c(C)nc2cc(C(=O)O[C@H](C)C(=O)NC(C)(C)C)ccc21. The second kappa shape index (κ2) is 7.27. The Balaban J connectivity index is 2.27. The van der Waals surface area contributed by atoms with E-state index < -0.39 is 17.6 Å². The van der Waals surface area contributed by atoms with Crippen LogP contribution in [0.5, 0.6) is 0 Å². The quantitative estimate of drug-likeness (QED) is 0.845. The summed E-state index contributed by atoms with van der Waals surface area (Å²) in [4.78, 5) is 40.8. The van der Waals surface area contributed by atoms with Crippen LogP contribution in [0.15, 0.2) is 23.0 Å². The molecule has 0 aliphatic rings. The maximum Gasteiger partial charge on any atom is 0.338 e. The summed E-state index contributed by atoms with van der Waals surface area (Å²) >= 11 is 0. The second-order valence-corrected chi connectivity index (χ2v) is 7.24. The zero-order chi connectivity index (χ0) is 19.6. The molecule has 0 radical (unpaired) electrons. The number of amides is 1. The molecule has 140 valence electrons. The zero-order valence-corrected chi connectivity index (χ0v) is 16.0. The van der Waals surface area contributed by atoms with Crippen molar-refractivity contribution < 1.29 is 14.3 Å². The number of aryl methyl sites for hydroxylation is 2. The van der Waals surface area contributed by atoms with Crippen molar-refractivity contribution in [3.8, 4) is 0 Å². The summed E-state index contributed by atoms with van der Waals surface area (Å²) in [6.45, 7) is 11.1. The van der Waals surface area contributed by atoms with E-state index in [1.807, 2.05) is 27.7 Å². The Morgan fingerprint density at radius 3 is 2.54 bits per heavy atom. The molecule has 1 heterocycles. The molecule has 2 aromatic rings. The largest absolute Gasteiger partial charge is 0.449 e. The lowest BCUT2D eigenvalue weighted by molar-refractivity contribution is -0.130. The minimum atomic E-state index is -0.920. The number of ether oxygens (including phenoxy) is 1. The molecule has 0 spiro atoms. The van der Waals surface area contributed by atoms with Gasteiger partial charge >= 0.3 is 5.97 Å². The van der Waals surface area contributed by atoms with Gasteiger partial charge in [0.15, 0.2) is 6.10 Å². The van der Waals surface area contributed by atoms with Crippen LogP contribution in [0.2, 0.25) is 0 Å². The Hall–Kier alpha value is -2.70. The van der Waals surface area contributed by atoms with Crippen molar-refractivity contribution in [1.29, 1.82) is 0 Å². The van der Waals surface area contributed by atoms with Gasteiger partial charge in [0.1, 0.15) is 5.69 Å². The van der Waals surface area contributed by atoms with E-state index in [1.165, 1.54) is 6.92 Å². The van der Waals surface area contributed by atoms with E-state index in [-0.39, 0.29) is 17.0 Å². The number of nitrogens with one attached hydrogen (secondary N) is 1. The van der Waals surface area contributed by atoms with Gasteiger partial charge in [-0.25, -0.2) is 9.78 Å². The highest BCUT2D eigenvalue weighted by molar-refractivity contribution is 5.95. The first-order chi connectivity index (χ1) is 12.0. The number of fused-ring (bicyclic) bond motifs is 1. The number of nitrogens with zero attached hydrogens (tertiary/aromatic N) is 2. The van der Waals surface area contributed by atoms with Gasteiger partial charge in [-0.15, -0.1) is 0 Å². The van der Waals surface area contributed by atoms with E-state index in [2.05, 4.69) is 10.3 Å². The Kier molecular flexibility index (Phi) is 5.49. The van der Waals surface area contributed by atoms with E-state index in [1.54, 1.807) is 29.7 Å². The lowest BCUT2D eigenvalue weighted by Gasteiger charge is -2.23. The maximum atomic E-state index is 12.4. The predicted molar refractivity (Wildman–Crippen MR) is 99.2 cm³/mol. The fourth-order valence-corrected chi connectivity index (χ4v) is 2.57. The first-order valence-corrected chi connectivity index (χ1v) is 8.57. The minimum absolute atomic E-state index is 0.150. The van der Waals surface area contributed by atoms with Crippen molar-refractivity contribution >= 4 is 22.9 Å². The standard InChI is InChI=1S/C19H25N3O4/c1-7-22-15-9-8-13(10-14(15)20-11(2)17(22)24)18(25)26-12(3)16(23)21-19(4,5)6/h8-10,12H,7H2,1-6H3,(H,21,23)/t12-/m1/s1. The highest BCUT2D eigenvalue weighted by Crippen LogP contribution is 2.15. The molecule has 1 atom stereocenters. The summed E-state index contributed by atoms with van der Waals surface area (Å²) in [6.07, 6.45) is -0.920. The van der Waals surface area contributed by atoms with Gasteiger partial charge < -0.3 is 14.6 Å². The summed E-state index contributed by atoms with van der Waals surface area (Å²) < 4.78 is 6.86. The molecule has 1 N–H and O–H groups in total. The third kappa shape index (κ3) is 4.28. The van der Waals surface area contributed by atoms with Crippen LogP contribution in [-0.2, 0) is 16.1 Å². The number of benzene rings is 1. The average Bonchev–Trinajstić information content (AvgIpc) is 2.54. The van der Waals surface area contributed by atoms with Gasteiger partial charge in [0, 0.05) is 12.1 Å². The van der Waals surface area contributed by atoms with Crippen molar-refractivity contribution in [2.45, 2.75) is 59.7 Å². The summed E-state index contributed by atoms with van der Waals surface area (Å²) in [5, 5.41) is 2.77. The van der Waals surface area contributed by atoms with Gasteiger partial charge in [-0.05, 0) is 59.7 Å². The summed E-state index contributed by atoms with van der Waals surface area (Å²) in [6, 6.07) is 4.81. The maximum absolute atomic E-state index is 12.4. The molecule has 0 aliphatic carbocycles. The Morgan fingerprint density at radius 2 is 1.96 bits per heavy atom. The van der Waals surface area contributed by atoms with Crippen molar-refractivity contribution in [2.24, 2.45) is 0 Å². The highest BCUT2D eigenvalue weighted by atomic mass is 16.5. The van der Waals surface area contributed by atoms with Crippen LogP contribution in [0.25, 0.3) is 11.0 Å². The first-order valence-electron chi connectivity index (χ1n) is 8.57. The molecule has 1 amide bonds. The molecule has 2 rings (SSSR count). The molecule has 0 saturated heterocycles. The number of hydrogen-bond acceptors (Lipinski definition) is 5. The van der Waals surface area contributed by atoms with Gasteiger partial charge in [-0.3, -0.25) is 9.59 Å². The van der Waals surface area contributed by atoms with Gasteiger partial charge in [0.05, 0.1) is 16.6 Å². The number of hydrogen-bond donors (Lipinski definition) is 1. The van der Waals surface area contributed by atoms with Crippen molar-refractivity contribution in [1.82, 2.24) is 14.9 Å². The molecule has 0 fully saturated rings. The molecule has 26 heavy (non-hydrogen) atoms. The van der Waals surface area contributed by atoms with Crippen molar-refractivity contribution in [3.05, 3.63) is 39.8 Å². The van der Waals surface area contributed by atoms with Crippen LogP contribution in [-0.4, -0.2) is 33.1 Å². The fourth-order valence-electron chi connectivity index (χ4n) is 2.57. The third-order valence-electron chi connectivity index (χ3n) is 3.81. The van der Waals surface area contributed by atoms with Crippen LogP contribution in [0.1, 0.15) is 50.7 Å². The van der Waals surface area contributed by atoms with Crippen LogP contribution >= 0.6 is 0 Å². The molecule has 1 aromatic heterocycles. The zero-order valence-electron chi connectivity index (χ0n) is 16.0. The van der Waals surface area contributed by atoms with Gasteiger partial charge in [0.25, 0.3) is 11.5 Å². The molecule has 7 heteroatoms. The van der Waals surface area contributed by atoms with Gasteiger partial charge in [-0.2, -0.15) is 0 Å². The molecular formula is C19H25N3O4. The Bertz CT molecular complexity index is 909. The predicted octanol–water partition coefficient (Wildman–Crippen LogP) is 2.18. The van der Waals surface area contributed by atoms with Gasteiger partial charge in [-0.1, -0.05) is 0 Å². The monoisotopic (exact) mass is 359 g/mol. The number of esters is 1. The number of rotatable bonds is 4. The average molecular weight is 359 g/mol. The molecule has 1 aromatic carbocycles. The normalized spacial score (nSPS) is 12.7. The van der Waals surface area contributed by atoms with Crippen LogP contribution in [0.3, 0.4) is 0 Å². The van der Waals surface area contributed by atoms with E-state index in [9.17, 15) is 14.4 Å². The molecular weight excluding hydrogens is 334 g/mol. The summed E-state index contributed by atoms with van der Waals surface area (Å²) in [7, 11) is 0. The molecule has 0 bridgehead atoms. The van der Waals surface area contributed by atoms with E-state index in [0.717, 1.165) is 0 Å². The Morgan fingerprint density at radius 1 is 1.31 bits per heavy atom. The Labute approximate surface area is 152 Å². The molecule has 0 saturated carbocycles. The topological polar surface area (TPSA) is 90.3 Å². The number of carbonyl (C=O) groups excluding carboxylic acids is 2. The third-order valence-corrected chi connectivity index (χ3v) is 3.81. The number of aromatic nitrogens is 2. The molecule has 0 unspecified atom stereocenters. The molecule has 0 aliphatic heterocycles. The highest BCUT2D eigenvalue weighted by Gasteiger charge is 2.23. The van der Waals surface area contributed by atoms with Gasteiger partial charge in [0.2, 0.25) is 0 Å². The molecule has 7 nitrogen and oxygen atoms in total. The lowest BCUT2D eigenvalue weighted by atomic mass is 10.1. The first kappa shape index (κ1) is 19.6. The van der Waals surface area contributed by atoms with E-state index in [0.29, 0.717) is 23.3 Å². The smallest absolute Gasteiger partial charge is 0.338 e. The van der Waals surface area contributed by atoms with Crippen LogP contribution < -0.4 is 10.9 Å².